The molecule has 25 heavy (non-hydrogen) atoms. The maximum atomic E-state index is 13.8. The van der Waals surface area contributed by atoms with Crippen LogP contribution >= 0.6 is 0 Å². The maximum Gasteiger partial charge on any atom is 0.280 e. The second-order valence-corrected chi connectivity index (χ2v) is 6.43. The molecule has 2 heterocycles. The number of nitrogens with zero attached hydrogens (tertiary/aromatic N) is 1. The number of halogens is 1. The summed E-state index contributed by atoms with van der Waals surface area (Å²) < 4.78 is 18.8. The molecule has 134 valence electrons. The lowest BCUT2D eigenvalue weighted by molar-refractivity contribution is -0.135. The van der Waals surface area contributed by atoms with Crippen LogP contribution < -0.4 is 5.56 Å². The van der Waals surface area contributed by atoms with Crippen LogP contribution in [-0.4, -0.2) is 40.3 Å². The Hall–Kier alpha value is -2.41. The summed E-state index contributed by atoms with van der Waals surface area (Å²) in [6.07, 6.45) is 0.887. The quantitative estimate of drug-likeness (QED) is 0.857. The van der Waals surface area contributed by atoms with Gasteiger partial charge < -0.3 is 14.5 Å². The third-order valence-electron chi connectivity index (χ3n) is 4.65. The smallest absolute Gasteiger partial charge is 0.280 e. The predicted molar refractivity (Wildman–Crippen MR) is 88.4 cm³/mol. The van der Waals surface area contributed by atoms with Crippen LogP contribution in [0.25, 0.3) is 0 Å². The number of H-pyrrole nitrogens is 1. The summed E-state index contributed by atoms with van der Waals surface area (Å²) in [5, 5.41) is 12.4. The number of aryl methyl sites for hydroxylation is 1. The lowest BCUT2D eigenvalue weighted by Gasteiger charge is -2.36. The Labute approximate surface area is 144 Å². The van der Waals surface area contributed by atoms with Gasteiger partial charge in [-0.15, -0.1) is 0 Å². The van der Waals surface area contributed by atoms with Gasteiger partial charge in [0.1, 0.15) is 11.6 Å². The highest BCUT2D eigenvalue weighted by atomic mass is 19.1. The molecule has 2 aromatic rings. The van der Waals surface area contributed by atoms with Crippen molar-refractivity contribution in [1.29, 1.82) is 0 Å². The number of hydrogen-bond donors (Lipinski definition) is 2. The van der Waals surface area contributed by atoms with Crippen LogP contribution in [0.4, 0.5) is 4.39 Å². The van der Waals surface area contributed by atoms with Crippen LogP contribution in [0.5, 0.6) is 0 Å². The molecule has 3 rings (SSSR count). The molecule has 0 bridgehead atoms. The van der Waals surface area contributed by atoms with Crippen molar-refractivity contribution in [2.24, 2.45) is 5.92 Å². The molecule has 1 aromatic carbocycles. The van der Waals surface area contributed by atoms with Crippen LogP contribution in [0.15, 0.2) is 39.6 Å². The number of aliphatic hydroxyl groups excluding tert-OH is 1. The van der Waals surface area contributed by atoms with Crippen LogP contribution in [0.3, 0.4) is 0 Å². The Morgan fingerprint density at radius 2 is 2.20 bits per heavy atom. The number of nitrogens with one attached hydrogen (secondary N) is 1. The highest BCUT2D eigenvalue weighted by molar-refractivity contribution is 5.76. The highest BCUT2D eigenvalue weighted by Gasteiger charge is 2.30. The number of hydrogen-bond acceptors (Lipinski definition) is 4. The van der Waals surface area contributed by atoms with Gasteiger partial charge in [-0.3, -0.25) is 9.59 Å². The molecule has 0 aliphatic carbocycles. The molecule has 1 aliphatic rings. The molecule has 7 heteroatoms. The van der Waals surface area contributed by atoms with Crippen molar-refractivity contribution < 1.29 is 18.8 Å². The normalized spacial score (nSPS) is 20.6. The number of carbonyl (C=O) groups is 1. The van der Waals surface area contributed by atoms with E-state index in [2.05, 4.69) is 5.16 Å². The summed E-state index contributed by atoms with van der Waals surface area (Å²) in [5.74, 6) is -0.104. The van der Waals surface area contributed by atoms with Gasteiger partial charge in [0.25, 0.3) is 5.56 Å². The average Bonchev–Trinajstić information content (AvgIpc) is 3.02. The molecule has 1 saturated heterocycles. The number of benzene rings is 1. The Balaban J connectivity index is 1.58. The van der Waals surface area contributed by atoms with Crippen molar-refractivity contribution >= 4 is 5.91 Å². The molecule has 6 nitrogen and oxygen atoms in total. The van der Waals surface area contributed by atoms with E-state index in [1.165, 1.54) is 12.1 Å². The Morgan fingerprint density at radius 3 is 2.92 bits per heavy atom. The standard InChI is InChI=1S/C18H21FN2O4/c19-15-4-2-1-3-12(15)9-13-11-21(8-7-16(13)22)18(24)6-5-14-10-17(23)20-25-14/h1-4,10,13,16,22H,5-9,11H2,(H,20,23)/t13-,16-/m1/s1. The molecule has 1 amide bonds. The fourth-order valence-electron chi connectivity index (χ4n) is 3.23. The molecule has 0 saturated carbocycles. The minimum atomic E-state index is -0.550. The first-order valence-electron chi connectivity index (χ1n) is 8.39. The maximum absolute atomic E-state index is 13.8. The number of aromatic nitrogens is 1. The van der Waals surface area contributed by atoms with Gasteiger partial charge in [0.05, 0.1) is 6.10 Å². The molecular weight excluding hydrogens is 327 g/mol. The predicted octanol–water partition coefficient (Wildman–Crippen LogP) is 1.49. The van der Waals surface area contributed by atoms with E-state index < -0.39 is 6.10 Å². The van der Waals surface area contributed by atoms with Crippen molar-refractivity contribution in [3.8, 4) is 0 Å². The van der Waals surface area contributed by atoms with Crippen LogP contribution in [0, 0.1) is 11.7 Å². The number of carbonyl (C=O) groups excluding carboxylic acids is 1. The summed E-state index contributed by atoms with van der Waals surface area (Å²) in [5.41, 5.74) is 0.225. The average molecular weight is 348 g/mol. The minimum Gasteiger partial charge on any atom is -0.393 e. The molecule has 0 spiro atoms. The van der Waals surface area contributed by atoms with E-state index in [0.29, 0.717) is 43.7 Å². The molecule has 0 unspecified atom stereocenters. The lowest BCUT2D eigenvalue weighted by atomic mass is 9.88. The highest BCUT2D eigenvalue weighted by Crippen LogP contribution is 2.23. The van der Waals surface area contributed by atoms with Gasteiger partial charge in [-0.2, -0.15) is 5.16 Å². The van der Waals surface area contributed by atoms with Gasteiger partial charge in [-0.05, 0) is 24.5 Å². The number of amides is 1. The van der Waals surface area contributed by atoms with Gasteiger partial charge in [-0.1, -0.05) is 18.2 Å². The first-order chi connectivity index (χ1) is 12.0. The monoisotopic (exact) mass is 348 g/mol. The van der Waals surface area contributed by atoms with E-state index >= 15 is 0 Å². The van der Waals surface area contributed by atoms with Crippen LogP contribution in [0.1, 0.15) is 24.2 Å². The zero-order valence-electron chi connectivity index (χ0n) is 13.8. The SMILES string of the molecule is O=C(CCc1cc(=O)[nH]o1)N1CC[C@@H](O)[C@H](Cc2ccccc2F)C1. The molecule has 1 aliphatic heterocycles. The van der Waals surface area contributed by atoms with Crippen molar-refractivity contribution in [2.45, 2.75) is 31.8 Å². The zero-order chi connectivity index (χ0) is 17.8. The largest absolute Gasteiger partial charge is 0.393 e. The lowest BCUT2D eigenvalue weighted by Crippen LogP contribution is -2.46. The van der Waals surface area contributed by atoms with E-state index in [0.717, 1.165) is 0 Å². The first kappa shape index (κ1) is 17.4. The first-order valence-corrected chi connectivity index (χ1v) is 8.39. The van der Waals surface area contributed by atoms with Crippen LogP contribution in [-0.2, 0) is 17.6 Å². The van der Waals surface area contributed by atoms with Gasteiger partial charge in [-0.25, -0.2) is 4.39 Å². The van der Waals surface area contributed by atoms with Gasteiger partial charge in [0.2, 0.25) is 5.91 Å². The number of aromatic amines is 1. The van der Waals surface area contributed by atoms with E-state index in [4.69, 9.17) is 4.52 Å². The van der Waals surface area contributed by atoms with Gasteiger partial charge in [0.15, 0.2) is 0 Å². The summed E-state index contributed by atoms with van der Waals surface area (Å²) in [7, 11) is 0. The Bertz CT molecular complexity index is 785. The van der Waals surface area contributed by atoms with E-state index in [1.807, 2.05) is 0 Å². The summed E-state index contributed by atoms with van der Waals surface area (Å²) >= 11 is 0. The summed E-state index contributed by atoms with van der Waals surface area (Å²) in [6, 6.07) is 7.83. The topological polar surface area (TPSA) is 86.5 Å². The third-order valence-corrected chi connectivity index (χ3v) is 4.65. The summed E-state index contributed by atoms with van der Waals surface area (Å²) in [4.78, 5) is 25.1. The third kappa shape index (κ3) is 4.36. The van der Waals surface area contributed by atoms with E-state index in [1.54, 1.807) is 23.1 Å². The fraction of sp³-hybridized carbons (Fsp3) is 0.444. The van der Waals surface area contributed by atoms with E-state index in [9.17, 15) is 19.1 Å². The molecule has 2 N–H and O–H groups in total. The van der Waals surface area contributed by atoms with Gasteiger partial charge in [0, 0.05) is 37.9 Å². The Kier molecular flexibility index (Phi) is 5.33. The number of aliphatic hydroxyl groups is 1. The molecule has 1 fully saturated rings. The molecule has 1 aromatic heterocycles. The van der Waals surface area contributed by atoms with Crippen molar-refractivity contribution in [3.05, 3.63) is 57.8 Å². The fourth-order valence-corrected chi connectivity index (χ4v) is 3.23. The number of likely N-dealkylation sites (tertiary alicyclic amines) is 1. The molecule has 2 atom stereocenters. The minimum absolute atomic E-state index is 0.0608. The second kappa shape index (κ2) is 7.65. The number of rotatable bonds is 5. The van der Waals surface area contributed by atoms with Gasteiger partial charge >= 0.3 is 0 Å². The van der Waals surface area contributed by atoms with E-state index in [-0.39, 0.29) is 29.6 Å². The second-order valence-electron chi connectivity index (χ2n) is 6.43. The molecule has 0 radical (unpaired) electrons. The zero-order valence-corrected chi connectivity index (χ0v) is 13.8. The van der Waals surface area contributed by atoms with Crippen LogP contribution in [0.2, 0.25) is 0 Å². The van der Waals surface area contributed by atoms with Crippen molar-refractivity contribution in [2.75, 3.05) is 13.1 Å². The Morgan fingerprint density at radius 1 is 1.40 bits per heavy atom. The summed E-state index contributed by atoms with van der Waals surface area (Å²) in [6.45, 7) is 0.871. The van der Waals surface area contributed by atoms with Crippen molar-refractivity contribution in [1.82, 2.24) is 10.1 Å². The number of piperidine rings is 1. The molecular formula is C18H21FN2O4. The van der Waals surface area contributed by atoms with Crippen molar-refractivity contribution in [3.63, 3.8) is 0 Å².